The summed E-state index contributed by atoms with van der Waals surface area (Å²) in [6, 6.07) is 9.47. The van der Waals surface area contributed by atoms with Crippen molar-refractivity contribution in [2.45, 2.75) is 31.7 Å². The van der Waals surface area contributed by atoms with E-state index in [1.807, 2.05) is 23.1 Å². The number of anilines is 1. The highest BCUT2D eigenvalue weighted by Crippen LogP contribution is 2.20. The van der Waals surface area contributed by atoms with Crippen molar-refractivity contribution in [2.75, 3.05) is 50.4 Å². The SMILES string of the molecule is CS(=O)(=O)N1CCCCC1C(=O)NCCC(=O)N1CCN(c2ccccc2)CC1. The van der Waals surface area contributed by atoms with Crippen molar-refractivity contribution in [3.63, 3.8) is 0 Å². The Kier molecular flexibility index (Phi) is 7.13. The molecule has 0 aliphatic carbocycles. The molecule has 2 amide bonds. The third-order valence-electron chi connectivity index (χ3n) is 5.57. The molecule has 1 unspecified atom stereocenters. The van der Waals surface area contributed by atoms with Crippen LogP contribution in [0.4, 0.5) is 5.69 Å². The van der Waals surface area contributed by atoms with E-state index in [0.717, 1.165) is 37.9 Å². The average Bonchev–Trinajstić information content (AvgIpc) is 2.73. The van der Waals surface area contributed by atoms with Crippen molar-refractivity contribution in [2.24, 2.45) is 0 Å². The summed E-state index contributed by atoms with van der Waals surface area (Å²) in [5.41, 5.74) is 1.16. The molecule has 2 saturated heterocycles. The largest absolute Gasteiger partial charge is 0.368 e. The zero-order chi connectivity index (χ0) is 20.9. The second kappa shape index (κ2) is 9.58. The number of sulfonamides is 1. The zero-order valence-corrected chi connectivity index (χ0v) is 17.7. The maximum Gasteiger partial charge on any atom is 0.238 e. The maximum absolute atomic E-state index is 12.5. The van der Waals surface area contributed by atoms with Crippen LogP contribution in [0.15, 0.2) is 30.3 Å². The van der Waals surface area contributed by atoms with Crippen molar-refractivity contribution in [1.29, 1.82) is 0 Å². The van der Waals surface area contributed by atoms with Crippen LogP contribution >= 0.6 is 0 Å². The number of carbonyl (C=O) groups excluding carboxylic acids is 2. The van der Waals surface area contributed by atoms with Crippen molar-refractivity contribution >= 4 is 27.5 Å². The van der Waals surface area contributed by atoms with E-state index < -0.39 is 16.1 Å². The van der Waals surface area contributed by atoms with E-state index in [1.54, 1.807) is 0 Å². The van der Waals surface area contributed by atoms with Gasteiger partial charge in [-0.15, -0.1) is 0 Å². The zero-order valence-electron chi connectivity index (χ0n) is 16.9. The summed E-state index contributed by atoms with van der Waals surface area (Å²) in [5.74, 6) is -0.293. The quantitative estimate of drug-likeness (QED) is 0.727. The number of piperidine rings is 1. The van der Waals surface area contributed by atoms with Crippen molar-refractivity contribution in [1.82, 2.24) is 14.5 Å². The number of hydrogen-bond donors (Lipinski definition) is 1. The first-order valence-corrected chi connectivity index (χ1v) is 12.0. The molecule has 1 aromatic rings. The van der Waals surface area contributed by atoms with E-state index in [9.17, 15) is 18.0 Å². The Morgan fingerprint density at radius 3 is 2.38 bits per heavy atom. The Bertz CT molecular complexity index is 807. The summed E-state index contributed by atoms with van der Waals surface area (Å²) < 4.78 is 25.1. The van der Waals surface area contributed by atoms with Gasteiger partial charge >= 0.3 is 0 Å². The van der Waals surface area contributed by atoms with Crippen LogP contribution < -0.4 is 10.2 Å². The fourth-order valence-electron chi connectivity index (χ4n) is 3.99. The number of nitrogens with one attached hydrogen (secondary N) is 1. The number of nitrogens with zero attached hydrogens (tertiary/aromatic N) is 3. The van der Waals surface area contributed by atoms with Gasteiger partial charge in [0.2, 0.25) is 21.8 Å². The maximum atomic E-state index is 12.5. The smallest absolute Gasteiger partial charge is 0.238 e. The van der Waals surface area contributed by atoms with Crippen LogP contribution in [0.5, 0.6) is 0 Å². The molecule has 0 aromatic heterocycles. The van der Waals surface area contributed by atoms with Crippen LogP contribution in [0, 0.1) is 0 Å². The van der Waals surface area contributed by atoms with E-state index in [-0.39, 0.29) is 24.8 Å². The lowest BCUT2D eigenvalue weighted by Crippen LogP contribution is -2.52. The highest BCUT2D eigenvalue weighted by molar-refractivity contribution is 7.88. The van der Waals surface area contributed by atoms with E-state index in [1.165, 1.54) is 4.31 Å². The predicted molar refractivity (Wildman–Crippen MR) is 112 cm³/mol. The monoisotopic (exact) mass is 422 g/mol. The molecule has 29 heavy (non-hydrogen) atoms. The van der Waals surface area contributed by atoms with Crippen LogP contribution in [-0.2, 0) is 19.6 Å². The fraction of sp³-hybridized carbons (Fsp3) is 0.600. The number of benzene rings is 1. The molecule has 1 atom stereocenters. The molecule has 2 aliphatic heterocycles. The molecule has 2 fully saturated rings. The summed E-state index contributed by atoms with van der Waals surface area (Å²) >= 11 is 0. The van der Waals surface area contributed by atoms with Gasteiger partial charge in [0.1, 0.15) is 6.04 Å². The summed E-state index contributed by atoms with van der Waals surface area (Å²) in [4.78, 5) is 29.0. The number of rotatable bonds is 6. The Morgan fingerprint density at radius 1 is 1.03 bits per heavy atom. The van der Waals surface area contributed by atoms with E-state index in [0.29, 0.717) is 26.1 Å². The molecule has 0 saturated carbocycles. The molecule has 0 spiro atoms. The van der Waals surface area contributed by atoms with Crippen LogP contribution in [0.2, 0.25) is 0 Å². The first-order valence-electron chi connectivity index (χ1n) is 10.2. The molecule has 8 nitrogen and oxygen atoms in total. The molecule has 9 heteroatoms. The first kappa shape index (κ1) is 21.6. The fourth-order valence-corrected chi connectivity index (χ4v) is 5.11. The average molecular weight is 423 g/mol. The highest BCUT2D eigenvalue weighted by Gasteiger charge is 2.34. The molecule has 0 bridgehead atoms. The summed E-state index contributed by atoms with van der Waals surface area (Å²) in [5, 5.41) is 2.76. The Hall–Kier alpha value is -2.13. The second-order valence-corrected chi connectivity index (χ2v) is 9.56. The minimum absolute atomic E-state index is 0.0154. The van der Waals surface area contributed by atoms with Gasteiger partial charge in [-0.05, 0) is 25.0 Å². The lowest BCUT2D eigenvalue weighted by atomic mass is 10.0. The Balaban J connectivity index is 1.42. The summed E-state index contributed by atoms with van der Waals surface area (Å²) in [7, 11) is -3.41. The molecule has 3 rings (SSSR count). The van der Waals surface area contributed by atoms with E-state index >= 15 is 0 Å². The number of piperazine rings is 1. The molecular formula is C20H30N4O4S. The van der Waals surface area contributed by atoms with Crippen LogP contribution in [0.1, 0.15) is 25.7 Å². The number of carbonyl (C=O) groups is 2. The molecular weight excluding hydrogens is 392 g/mol. The van der Waals surface area contributed by atoms with Crippen LogP contribution in [-0.4, -0.2) is 81.0 Å². The van der Waals surface area contributed by atoms with Crippen molar-refractivity contribution < 1.29 is 18.0 Å². The third-order valence-corrected chi connectivity index (χ3v) is 6.86. The Morgan fingerprint density at radius 2 is 1.72 bits per heavy atom. The Labute approximate surface area is 172 Å². The molecule has 1 aromatic carbocycles. The molecule has 2 aliphatic rings. The van der Waals surface area contributed by atoms with Crippen LogP contribution in [0.25, 0.3) is 0 Å². The lowest BCUT2D eigenvalue weighted by Gasteiger charge is -2.36. The lowest BCUT2D eigenvalue weighted by molar-refractivity contribution is -0.131. The molecule has 0 radical (unpaired) electrons. The normalized spacial score (nSPS) is 21.1. The first-order chi connectivity index (χ1) is 13.9. The van der Waals surface area contributed by atoms with Gasteiger partial charge in [-0.3, -0.25) is 9.59 Å². The van der Waals surface area contributed by atoms with Crippen LogP contribution in [0.3, 0.4) is 0 Å². The number of para-hydroxylation sites is 1. The van der Waals surface area contributed by atoms with E-state index in [4.69, 9.17) is 0 Å². The number of amides is 2. The van der Waals surface area contributed by atoms with Crippen molar-refractivity contribution in [3.8, 4) is 0 Å². The summed E-state index contributed by atoms with van der Waals surface area (Å²) in [6.07, 6.45) is 3.48. The second-order valence-electron chi connectivity index (χ2n) is 7.63. The van der Waals surface area contributed by atoms with Gasteiger partial charge in [0.25, 0.3) is 0 Å². The van der Waals surface area contributed by atoms with Gasteiger partial charge in [0, 0.05) is 51.4 Å². The topological polar surface area (TPSA) is 90.0 Å². The minimum atomic E-state index is -3.41. The highest BCUT2D eigenvalue weighted by atomic mass is 32.2. The van der Waals surface area contributed by atoms with Gasteiger partial charge in [-0.25, -0.2) is 8.42 Å². The van der Waals surface area contributed by atoms with E-state index in [2.05, 4.69) is 22.3 Å². The molecule has 1 N–H and O–H groups in total. The van der Waals surface area contributed by atoms with Crippen molar-refractivity contribution in [3.05, 3.63) is 30.3 Å². The summed E-state index contributed by atoms with van der Waals surface area (Å²) in [6.45, 7) is 3.49. The molecule has 2 heterocycles. The van der Waals surface area contributed by atoms with Gasteiger partial charge in [0.05, 0.1) is 6.26 Å². The van der Waals surface area contributed by atoms with Gasteiger partial charge in [-0.2, -0.15) is 4.31 Å². The third kappa shape index (κ3) is 5.70. The van der Waals surface area contributed by atoms with Gasteiger partial charge in [0.15, 0.2) is 0 Å². The minimum Gasteiger partial charge on any atom is -0.368 e. The predicted octanol–water partition coefficient (Wildman–Crippen LogP) is 0.656. The molecule has 160 valence electrons. The van der Waals surface area contributed by atoms with Gasteiger partial charge < -0.3 is 15.1 Å². The number of hydrogen-bond acceptors (Lipinski definition) is 5. The standard InChI is InChI=1S/C20H30N4O4S/c1-29(27,28)24-12-6-5-9-18(24)20(26)21-11-10-19(25)23-15-13-22(14-16-23)17-7-3-2-4-8-17/h2-4,7-8,18H,5-6,9-16H2,1H3,(H,21,26). The van der Waals surface area contributed by atoms with Gasteiger partial charge in [-0.1, -0.05) is 24.6 Å².